The van der Waals surface area contributed by atoms with Gasteiger partial charge in [-0.1, -0.05) is 0 Å². The Hall–Kier alpha value is -1.56. The number of rotatable bonds is 1. The fourth-order valence-corrected chi connectivity index (χ4v) is 2.03. The van der Waals surface area contributed by atoms with Gasteiger partial charge in [0.15, 0.2) is 0 Å². The van der Waals surface area contributed by atoms with Gasteiger partial charge in [0.05, 0.1) is 11.2 Å². The lowest BCUT2D eigenvalue weighted by Crippen LogP contribution is -2.04. The summed E-state index contributed by atoms with van der Waals surface area (Å²) in [5.41, 5.74) is 2.16. The van der Waals surface area contributed by atoms with Gasteiger partial charge in [-0.3, -0.25) is 4.98 Å². The fraction of sp³-hybridized carbons (Fsp3) is 0.300. The Balaban J connectivity index is 2.82. The van der Waals surface area contributed by atoms with Crippen LogP contribution in [0.25, 0.3) is 10.9 Å². The van der Waals surface area contributed by atoms with Crippen molar-refractivity contribution in [1.82, 2.24) is 15.0 Å². The van der Waals surface area contributed by atoms with E-state index in [0.717, 1.165) is 17.3 Å². The van der Waals surface area contributed by atoms with Crippen molar-refractivity contribution >= 4 is 20.7 Å². The minimum Gasteiger partial charge on any atom is -0.256 e. The molecule has 0 spiro atoms. The molecular formula is C10H11N3O2S. The molecule has 6 heteroatoms. The SMILES string of the molecule is Cc1cc2cnc(S(C)(=O)=O)nc2c(C)n1. The Bertz CT molecular complexity index is 665. The quantitative estimate of drug-likeness (QED) is 0.693. The number of pyridine rings is 1. The summed E-state index contributed by atoms with van der Waals surface area (Å²) in [4.78, 5) is 12.1. The van der Waals surface area contributed by atoms with E-state index in [4.69, 9.17) is 0 Å². The van der Waals surface area contributed by atoms with E-state index in [1.54, 1.807) is 6.92 Å². The second kappa shape index (κ2) is 3.48. The van der Waals surface area contributed by atoms with Crippen LogP contribution in [-0.4, -0.2) is 29.6 Å². The van der Waals surface area contributed by atoms with E-state index >= 15 is 0 Å². The molecule has 0 N–H and O–H groups in total. The molecule has 0 bridgehead atoms. The molecule has 0 fully saturated rings. The number of aryl methyl sites for hydroxylation is 2. The summed E-state index contributed by atoms with van der Waals surface area (Å²) in [6.07, 6.45) is 2.60. The number of nitrogens with zero attached hydrogens (tertiary/aromatic N) is 3. The molecule has 2 aromatic heterocycles. The molecular weight excluding hydrogens is 226 g/mol. The molecule has 0 atom stereocenters. The number of hydrogen-bond donors (Lipinski definition) is 0. The van der Waals surface area contributed by atoms with E-state index in [1.807, 2.05) is 13.0 Å². The monoisotopic (exact) mass is 237 g/mol. The van der Waals surface area contributed by atoms with Gasteiger partial charge in [0.1, 0.15) is 0 Å². The number of sulfone groups is 1. The third-order valence-electron chi connectivity index (χ3n) is 2.18. The first kappa shape index (κ1) is 10.9. The normalized spacial score (nSPS) is 11.9. The molecule has 0 aliphatic rings. The van der Waals surface area contributed by atoms with Gasteiger partial charge in [0, 0.05) is 23.5 Å². The maximum absolute atomic E-state index is 11.3. The maximum atomic E-state index is 11.3. The van der Waals surface area contributed by atoms with Gasteiger partial charge in [-0.05, 0) is 19.9 Å². The third-order valence-corrected chi connectivity index (χ3v) is 3.04. The van der Waals surface area contributed by atoms with Crippen LogP contribution in [0.5, 0.6) is 0 Å². The molecule has 0 aliphatic heterocycles. The minimum atomic E-state index is -3.37. The van der Waals surface area contributed by atoms with Crippen LogP contribution in [0.3, 0.4) is 0 Å². The topological polar surface area (TPSA) is 72.8 Å². The highest BCUT2D eigenvalue weighted by Crippen LogP contribution is 2.16. The van der Waals surface area contributed by atoms with Crippen LogP contribution >= 0.6 is 0 Å². The van der Waals surface area contributed by atoms with E-state index in [1.165, 1.54) is 6.20 Å². The van der Waals surface area contributed by atoms with Gasteiger partial charge < -0.3 is 0 Å². The zero-order valence-electron chi connectivity index (χ0n) is 9.22. The molecule has 0 unspecified atom stereocenters. The summed E-state index contributed by atoms with van der Waals surface area (Å²) in [7, 11) is -3.37. The summed E-state index contributed by atoms with van der Waals surface area (Å²) < 4.78 is 22.6. The maximum Gasteiger partial charge on any atom is 0.247 e. The van der Waals surface area contributed by atoms with Crippen molar-refractivity contribution < 1.29 is 8.42 Å². The van der Waals surface area contributed by atoms with E-state index in [9.17, 15) is 8.42 Å². The minimum absolute atomic E-state index is 0.159. The van der Waals surface area contributed by atoms with Gasteiger partial charge in [0.25, 0.3) is 0 Å². The average molecular weight is 237 g/mol. The van der Waals surface area contributed by atoms with Gasteiger partial charge in [-0.2, -0.15) is 0 Å². The van der Waals surface area contributed by atoms with Gasteiger partial charge >= 0.3 is 0 Å². The van der Waals surface area contributed by atoms with Crippen LogP contribution in [0.2, 0.25) is 0 Å². The average Bonchev–Trinajstić information content (AvgIpc) is 2.15. The lowest BCUT2D eigenvalue weighted by Gasteiger charge is -2.03. The molecule has 0 aliphatic carbocycles. The summed E-state index contributed by atoms with van der Waals surface area (Å²) in [6, 6.07) is 1.83. The van der Waals surface area contributed by atoms with E-state index in [0.29, 0.717) is 11.2 Å². The van der Waals surface area contributed by atoms with Gasteiger partial charge in [-0.25, -0.2) is 18.4 Å². The van der Waals surface area contributed by atoms with E-state index in [-0.39, 0.29) is 5.16 Å². The third kappa shape index (κ3) is 1.88. The van der Waals surface area contributed by atoms with Crippen LogP contribution in [0.15, 0.2) is 17.4 Å². The zero-order chi connectivity index (χ0) is 11.9. The molecule has 0 saturated carbocycles. The Morgan fingerprint density at radius 3 is 2.50 bits per heavy atom. The second-order valence-electron chi connectivity index (χ2n) is 3.71. The van der Waals surface area contributed by atoms with Crippen LogP contribution in [0.1, 0.15) is 11.4 Å². The molecule has 16 heavy (non-hydrogen) atoms. The van der Waals surface area contributed by atoms with Crippen molar-refractivity contribution in [1.29, 1.82) is 0 Å². The first-order chi connectivity index (χ1) is 7.38. The van der Waals surface area contributed by atoms with Crippen molar-refractivity contribution in [2.45, 2.75) is 19.0 Å². The van der Waals surface area contributed by atoms with Crippen LogP contribution in [-0.2, 0) is 9.84 Å². The van der Waals surface area contributed by atoms with Crippen LogP contribution in [0.4, 0.5) is 0 Å². The predicted molar refractivity (Wildman–Crippen MR) is 59.9 cm³/mol. The first-order valence-corrected chi connectivity index (χ1v) is 6.58. The Morgan fingerprint density at radius 1 is 1.19 bits per heavy atom. The molecule has 0 aromatic carbocycles. The smallest absolute Gasteiger partial charge is 0.247 e. The summed E-state index contributed by atoms with van der Waals surface area (Å²) in [5, 5.41) is 0.645. The Labute approximate surface area is 93.5 Å². The molecule has 0 amide bonds. The van der Waals surface area contributed by atoms with Crippen LogP contribution in [0, 0.1) is 13.8 Å². The number of aromatic nitrogens is 3. The molecule has 0 saturated heterocycles. The molecule has 2 rings (SSSR count). The van der Waals surface area contributed by atoms with Crippen LogP contribution < -0.4 is 0 Å². The lowest BCUT2D eigenvalue weighted by atomic mass is 10.2. The molecule has 0 radical (unpaired) electrons. The Morgan fingerprint density at radius 2 is 1.88 bits per heavy atom. The van der Waals surface area contributed by atoms with Gasteiger partial charge in [0.2, 0.25) is 15.0 Å². The van der Waals surface area contributed by atoms with Crippen molar-refractivity contribution in [2.75, 3.05) is 6.26 Å². The summed E-state index contributed by atoms with van der Waals surface area (Å²) in [5.74, 6) is 0. The van der Waals surface area contributed by atoms with Crippen molar-refractivity contribution in [2.24, 2.45) is 0 Å². The highest BCUT2D eigenvalue weighted by atomic mass is 32.2. The van der Waals surface area contributed by atoms with Crippen molar-refractivity contribution in [3.05, 3.63) is 23.7 Å². The summed E-state index contributed by atoms with van der Waals surface area (Å²) >= 11 is 0. The zero-order valence-corrected chi connectivity index (χ0v) is 10.0. The van der Waals surface area contributed by atoms with E-state index in [2.05, 4.69) is 15.0 Å². The van der Waals surface area contributed by atoms with E-state index < -0.39 is 9.84 Å². The fourth-order valence-electron chi connectivity index (χ4n) is 1.52. The van der Waals surface area contributed by atoms with Gasteiger partial charge in [-0.15, -0.1) is 0 Å². The van der Waals surface area contributed by atoms with Crippen molar-refractivity contribution in [3.8, 4) is 0 Å². The number of fused-ring (bicyclic) bond motifs is 1. The van der Waals surface area contributed by atoms with Crippen molar-refractivity contribution in [3.63, 3.8) is 0 Å². The molecule has 5 nitrogen and oxygen atoms in total. The largest absolute Gasteiger partial charge is 0.256 e. The highest BCUT2D eigenvalue weighted by molar-refractivity contribution is 7.90. The Kier molecular flexibility index (Phi) is 2.38. The predicted octanol–water partition coefficient (Wildman–Crippen LogP) is 1.05. The molecule has 2 heterocycles. The summed E-state index contributed by atoms with van der Waals surface area (Å²) in [6.45, 7) is 3.67. The standard InChI is InChI=1S/C10H11N3O2S/c1-6-4-8-5-11-10(16(3,14)15)13-9(8)7(2)12-6/h4-5H,1-3H3. The highest BCUT2D eigenvalue weighted by Gasteiger charge is 2.12. The first-order valence-electron chi connectivity index (χ1n) is 4.69. The molecule has 84 valence electrons. The number of hydrogen-bond acceptors (Lipinski definition) is 5. The molecule has 2 aromatic rings. The second-order valence-corrected chi connectivity index (χ2v) is 5.62. The lowest BCUT2D eigenvalue weighted by molar-refractivity contribution is 0.593.